The second kappa shape index (κ2) is 13.1. The fourth-order valence-corrected chi connectivity index (χ4v) is 2.30. The van der Waals surface area contributed by atoms with Gasteiger partial charge in [-0.15, -0.1) is 0 Å². The lowest BCUT2D eigenvalue weighted by Gasteiger charge is -2.14. The van der Waals surface area contributed by atoms with Crippen molar-refractivity contribution in [1.29, 1.82) is 0 Å². The van der Waals surface area contributed by atoms with Gasteiger partial charge in [0.25, 0.3) is 5.91 Å². The highest BCUT2D eigenvalue weighted by Crippen LogP contribution is 2.06. The van der Waals surface area contributed by atoms with Crippen LogP contribution in [0.3, 0.4) is 0 Å². The lowest BCUT2D eigenvalue weighted by atomic mass is 10.1. The summed E-state index contributed by atoms with van der Waals surface area (Å²) in [5, 5.41) is 9.49. The Morgan fingerprint density at radius 2 is 1.96 bits per heavy atom. The molecule has 0 bridgehead atoms. The summed E-state index contributed by atoms with van der Waals surface area (Å²) >= 11 is 0. The summed E-state index contributed by atoms with van der Waals surface area (Å²) in [6.45, 7) is 11.2. The Kier molecular flexibility index (Phi) is 11.2. The Hall–Kier alpha value is -2.08. The molecule has 0 aliphatic rings. The van der Waals surface area contributed by atoms with Crippen LogP contribution in [0.4, 0.5) is 0 Å². The SMILES string of the molecule is CCC(C)NC(=O)c1cccc(CNC(=NC)NCCOCCC(C)C)c1. The van der Waals surface area contributed by atoms with Crippen molar-refractivity contribution < 1.29 is 9.53 Å². The summed E-state index contributed by atoms with van der Waals surface area (Å²) in [6, 6.07) is 7.82. The van der Waals surface area contributed by atoms with E-state index in [1.54, 1.807) is 7.05 Å². The van der Waals surface area contributed by atoms with E-state index >= 15 is 0 Å². The third-order valence-corrected chi connectivity index (χ3v) is 4.24. The zero-order chi connectivity index (χ0) is 20.1. The van der Waals surface area contributed by atoms with Crippen molar-refractivity contribution in [3.63, 3.8) is 0 Å². The third kappa shape index (κ3) is 9.99. The summed E-state index contributed by atoms with van der Waals surface area (Å²) in [5.41, 5.74) is 1.71. The molecule has 6 nitrogen and oxygen atoms in total. The summed E-state index contributed by atoms with van der Waals surface area (Å²) < 4.78 is 5.60. The van der Waals surface area contributed by atoms with Crippen molar-refractivity contribution in [2.45, 2.75) is 53.1 Å². The molecule has 3 N–H and O–H groups in total. The smallest absolute Gasteiger partial charge is 0.251 e. The van der Waals surface area contributed by atoms with Gasteiger partial charge >= 0.3 is 0 Å². The first-order chi connectivity index (χ1) is 13.0. The number of nitrogens with one attached hydrogen (secondary N) is 3. The second-order valence-corrected chi connectivity index (χ2v) is 7.13. The zero-order valence-electron chi connectivity index (χ0n) is 17.5. The monoisotopic (exact) mass is 376 g/mol. The van der Waals surface area contributed by atoms with Crippen LogP contribution in [0.5, 0.6) is 0 Å². The Labute approximate surface area is 164 Å². The van der Waals surface area contributed by atoms with Gasteiger partial charge in [-0.25, -0.2) is 0 Å². The maximum atomic E-state index is 12.2. The van der Waals surface area contributed by atoms with Gasteiger partial charge in [-0.1, -0.05) is 32.9 Å². The number of hydrogen-bond donors (Lipinski definition) is 3. The molecule has 1 aromatic carbocycles. The van der Waals surface area contributed by atoms with E-state index in [0.29, 0.717) is 31.2 Å². The van der Waals surface area contributed by atoms with Crippen LogP contribution >= 0.6 is 0 Å². The third-order valence-electron chi connectivity index (χ3n) is 4.24. The van der Waals surface area contributed by atoms with E-state index in [0.717, 1.165) is 31.0 Å². The first kappa shape index (κ1) is 23.0. The normalized spacial score (nSPS) is 12.7. The van der Waals surface area contributed by atoms with Gasteiger partial charge in [0, 0.05) is 38.3 Å². The fraction of sp³-hybridized carbons (Fsp3) is 0.619. The zero-order valence-corrected chi connectivity index (χ0v) is 17.5. The number of ether oxygens (including phenoxy) is 1. The molecule has 0 aromatic heterocycles. The maximum Gasteiger partial charge on any atom is 0.251 e. The van der Waals surface area contributed by atoms with E-state index in [4.69, 9.17) is 4.74 Å². The van der Waals surface area contributed by atoms with Gasteiger partial charge in [-0.05, 0) is 43.4 Å². The van der Waals surface area contributed by atoms with Crippen molar-refractivity contribution in [2.24, 2.45) is 10.9 Å². The number of carbonyl (C=O) groups is 1. The van der Waals surface area contributed by atoms with E-state index in [-0.39, 0.29) is 11.9 Å². The Balaban J connectivity index is 2.40. The molecule has 0 aliphatic carbocycles. The van der Waals surface area contributed by atoms with Gasteiger partial charge in [0.05, 0.1) is 6.61 Å². The number of amides is 1. The highest BCUT2D eigenvalue weighted by molar-refractivity contribution is 5.94. The van der Waals surface area contributed by atoms with Crippen LogP contribution in [0, 0.1) is 5.92 Å². The molecule has 6 heteroatoms. The molecular weight excluding hydrogens is 340 g/mol. The second-order valence-electron chi connectivity index (χ2n) is 7.13. The van der Waals surface area contributed by atoms with E-state index < -0.39 is 0 Å². The van der Waals surface area contributed by atoms with Crippen molar-refractivity contribution >= 4 is 11.9 Å². The van der Waals surface area contributed by atoms with E-state index in [9.17, 15) is 4.79 Å². The molecule has 1 aromatic rings. The Morgan fingerprint density at radius 1 is 1.19 bits per heavy atom. The van der Waals surface area contributed by atoms with Crippen LogP contribution in [0.25, 0.3) is 0 Å². The molecule has 0 radical (unpaired) electrons. The Morgan fingerprint density at radius 3 is 2.63 bits per heavy atom. The van der Waals surface area contributed by atoms with E-state index in [1.165, 1.54) is 0 Å². The minimum Gasteiger partial charge on any atom is -0.380 e. The number of carbonyl (C=O) groups excluding carboxylic acids is 1. The standard InChI is InChI=1S/C21H36N4O2/c1-6-17(4)25-20(26)19-9-7-8-18(14-19)15-24-21(22-5)23-11-13-27-12-10-16(2)3/h7-9,14,16-17H,6,10-13,15H2,1-5H3,(H,25,26)(H2,22,23,24). The van der Waals surface area contributed by atoms with Gasteiger partial charge in [-0.3, -0.25) is 9.79 Å². The van der Waals surface area contributed by atoms with Gasteiger partial charge in [0.15, 0.2) is 5.96 Å². The average Bonchev–Trinajstić information content (AvgIpc) is 2.66. The summed E-state index contributed by atoms with van der Waals surface area (Å²) in [7, 11) is 1.74. The quantitative estimate of drug-likeness (QED) is 0.315. The van der Waals surface area contributed by atoms with Crippen LogP contribution < -0.4 is 16.0 Å². The largest absolute Gasteiger partial charge is 0.380 e. The number of rotatable bonds is 11. The molecule has 1 unspecified atom stereocenters. The average molecular weight is 377 g/mol. The molecule has 1 rings (SSSR count). The van der Waals surface area contributed by atoms with Crippen LogP contribution in [0.15, 0.2) is 29.3 Å². The topological polar surface area (TPSA) is 74.8 Å². The highest BCUT2D eigenvalue weighted by Gasteiger charge is 2.09. The molecule has 0 saturated heterocycles. The molecule has 0 spiro atoms. The predicted molar refractivity (Wildman–Crippen MR) is 112 cm³/mol. The predicted octanol–water partition coefficient (Wildman–Crippen LogP) is 2.94. The van der Waals surface area contributed by atoms with Crippen molar-refractivity contribution in [1.82, 2.24) is 16.0 Å². The van der Waals surface area contributed by atoms with Crippen LogP contribution in [-0.4, -0.2) is 44.7 Å². The number of nitrogens with zero attached hydrogens (tertiary/aromatic N) is 1. The fourth-order valence-electron chi connectivity index (χ4n) is 2.30. The summed E-state index contributed by atoms with van der Waals surface area (Å²) in [6.07, 6.45) is 1.99. The molecule has 0 saturated carbocycles. The molecular formula is C21H36N4O2. The first-order valence-electron chi connectivity index (χ1n) is 9.88. The molecule has 152 valence electrons. The van der Waals surface area contributed by atoms with Crippen LogP contribution in [0.2, 0.25) is 0 Å². The van der Waals surface area contributed by atoms with Crippen molar-refractivity contribution in [2.75, 3.05) is 26.8 Å². The van der Waals surface area contributed by atoms with Crippen LogP contribution in [-0.2, 0) is 11.3 Å². The molecule has 0 aliphatic heterocycles. The van der Waals surface area contributed by atoms with E-state index in [1.807, 2.05) is 31.2 Å². The highest BCUT2D eigenvalue weighted by atomic mass is 16.5. The van der Waals surface area contributed by atoms with Gasteiger partial charge < -0.3 is 20.7 Å². The summed E-state index contributed by atoms with van der Waals surface area (Å²) in [5.74, 6) is 1.35. The minimum atomic E-state index is -0.0350. The molecule has 27 heavy (non-hydrogen) atoms. The minimum absolute atomic E-state index is 0.0350. The van der Waals surface area contributed by atoms with Crippen LogP contribution in [0.1, 0.15) is 56.5 Å². The van der Waals surface area contributed by atoms with E-state index in [2.05, 4.69) is 41.7 Å². The van der Waals surface area contributed by atoms with Gasteiger partial charge in [-0.2, -0.15) is 0 Å². The number of hydrogen-bond acceptors (Lipinski definition) is 3. The van der Waals surface area contributed by atoms with Gasteiger partial charge in [0.2, 0.25) is 0 Å². The number of guanidine groups is 1. The molecule has 1 atom stereocenters. The number of aliphatic imine (C=N–C) groups is 1. The maximum absolute atomic E-state index is 12.2. The van der Waals surface area contributed by atoms with Gasteiger partial charge in [0.1, 0.15) is 0 Å². The van der Waals surface area contributed by atoms with Crippen molar-refractivity contribution in [3.05, 3.63) is 35.4 Å². The summed E-state index contributed by atoms with van der Waals surface area (Å²) in [4.78, 5) is 16.5. The molecule has 1 amide bonds. The number of benzene rings is 1. The first-order valence-corrected chi connectivity index (χ1v) is 9.88. The van der Waals surface area contributed by atoms with Crippen molar-refractivity contribution in [3.8, 4) is 0 Å². The lowest BCUT2D eigenvalue weighted by molar-refractivity contribution is 0.0939. The Bertz CT molecular complexity index is 587. The molecule has 0 fully saturated rings. The lowest BCUT2D eigenvalue weighted by Crippen LogP contribution is -2.38. The molecule has 0 heterocycles.